The smallest absolute Gasteiger partial charge is 0.261 e. The molecule has 0 unspecified atom stereocenters. The van der Waals surface area contributed by atoms with Crippen molar-refractivity contribution in [1.29, 1.82) is 0 Å². The van der Waals surface area contributed by atoms with Gasteiger partial charge in [0.1, 0.15) is 0 Å². The van der Waals surface area contributed by atoms with Gasteiger partial charge in [-0.1, -0.05) is 0 Å². The number of benzene rings is 1. The Balaban J connectivity index is 3.23. The third kappa shape index (κ3) is 3.96. The lowest BCUT2D eigenvalue weighted by atomic mass is 10.3. The summed E-state index contributed by atoms with van der Waals surface area (Å²) in [5.74, 6) is -0.269. The number of hydrogen-bond donors (Lipinski definition) is 1. The van der Waals surface area contributed by atoms with Crippen LogP contribution in [-0.4, -0.2) is 14.3 Å². The molecule has 7 heteroatoms. The molecule has 0 atom stereocenters. The predicted molar refractivity (Wildman–Crippen MR) is 66.5 cm³/mol. The standard InChI is InChI=1S/C8H7ClINO3S/c1-5(12)11-7-2-6(10)3-8(4-7)15(9,13)14/h2-4H,1H3,(H,11,12). The molecule has 0 aromatic heterocycles. The molecule has 0 fully saturated rings. The van der Waals surface area contributed by atoms with Gasteiger partial charge in [0.05, 0.1) is 4.90 Å². The maximum absolute atomic E-state index is 11.1. The minimum atomic E-state index is -3.77. The van der Waals surface area contributed by atoms with Gasteiger partial charge in [-0.15, -0.1) is 0 Å². The van der Waals surface area contributed by atoms with Crippen LogP contribution in [0.4, 0.5) is 5.69 Å². The Hall–Kier alpha value is -0.340. The van der Waals surface area contributed by atoms with Crippen LogP contribution in [0.3, 0.4) is 0 Å². The molecule has 0 saturated heterocycles. The van der Waals surface area contributed by atoms with Crippen molar-refractivity contribution in [3.63, 3.8) is 0 Å². The second kappa shape index (κ2) is 4.67. The Morgan fingerprint density at radius 1 is 1.40 bits per heavy atom. The van der Waals surface area contributed by atoms with E-state index in [-0.39, 0.29) is 10.8 Å². The lowest BCUT2D eigenvalue weighted by molar-refractivity contribution is -0.114. The third-order valence-electron chi connectivity index (χ3n) is 1.47. The van der Waals surface area contributed by atoms with Gasteiger partial charge in [0.15, 0.2) is 0 Å². The van der Waals surface area contributed by atoms with E-state index in [1.807, 2.05) is 22.6 Å². The Bertz CT molecular complexity index is 501. The molecule has 0 bridgehead atoms. The molecule has 0 aliphatic rings. The van der Waals surface area contributed by atoms with Gasteiger partial charge in [-0.05, 0) is 40.8 Å². The highest BCUT2D eigenvalue weighted by Crippen LogP contribution is 2.22. The highest BCUT2D eigenvalue weighted by atomic mass is 127. The molecular weight excluding hydrogens is 353 g/mol. The van der Waals surface area contributed by atoms with E-state index in [1.54, 1.807) is 6.07 Å². The molecule has 15 heavy (non-hydrogen) atoms. The Morgan fingerprint density at radius 2 is 2.00 bits per heavy atom. The molecule has 1 N–H and O–H groups in total. The average Bonchev–Trinajstić information content (AvgIpc) is 1.99. The first-order chi connectivity index (χ1) is 6.79. The number of carbonyl (C=O) groups is 1. The van der Waals surface area contributed by atoms with Gasteiger partial charge in [0, 0.05) is 26.9 Å². The molecule has 1 amide bonds. The fourth-order valence-corrected chi connectivity index (χ4v) is 2.66. The Morgan fingerprint density at radius 3 is 2.47 bits per heavy atom. The summed E-state index contributed by atoms with van der Waals surface area (Å²) in [6, 6.07) is 4.38. The zero-order valence-electron chi connectivity index (χ0n) is 7.62. The normalized spacial score (nSPS) is 11.1. The third-order valence-corrected chi connectivity index (χ3v) is 3.43. The molecule has 0 saturated carbocycles. The van der Waals surface area contributed by atoms with E-state index in [4.69, 9.17) is 10.7 Å². The van der Waals surface area contributed by atoms with Crippen LogP contribution in [0, 0.1) is 3.57 Å². The molecule has 0 aliphatic heterocycles. The average molecular weight is 360 g/mol. The summed E-state index contributed by atoms with van der Waals surface area (Å²) in [5, 5.41) is 2.49. The van der Waals surface area contributed by atoms with Crippen LogP contribution < -0.4 is 5.32 Å². The van der Waals surface area contributed by atoms with Crippen LogP contribution >= 0.6 is 33.3 Å². The van der Waals surface area contributed by atoms with Crippen molar-refractivity contribution in [2.45, 2.75) is 11.8 Å². The van der Waals surface area contributed by atoms with Crippen LogP contribution in [0.15, 0.2) is 23.1 Å². The van der Waals surface area contributed by atoms with Gasteiger partial charge < -0.3 is 5.32 Å². The van der Waals surface area contributed by atoms with Crippen LogP contribution in [0.5, 0.6) is 0 Å². The number of hydrogen-bond acceptors (Lipinski definition) is 3. The molecule has 82 valence electrons. The zero-order chi connectivity index (χ0) is 11.6. The molecule has 0 spiro atoms. The number of halogens is 2. The SMILES string of the molecule is CC(=O)Nc1cc(I)cc(S(=O)(=O)Cl)c1. The van der Waals surface area contributed by atoms with Crippen LogP contribution in [0.1, 0.15) is 6.92 Å². The molecule has 0 aliphatic carbocycles. The summed E-state index contributed by atoms with van der Waals surface area (Å²) in [6.07, 6.45) is 0. The minimum absolute atomic E-state index is 0.0279. The van der Waals surface area contributed by atoms with Crippen LogP contribution in [0.2, 0.25) is 0 Å². The quantitative estimate of drug-likeness (QED) is 0.650. The Labute approximate surface area is 106 Å². The summed E-state index contributed by atoms with van der Waals surface area (Å²) in [4.78, 5) is 10.8. The van der Waals surface area contributed by atoms with Crippen molar-refractivity contribution in [2.75, 3.05) is 5.32 Å². The van der Waals surface area contributed by atoms with Crippen molar-refractivity contribution in [1.82, 2.24) is 0 Å². The molecule has 0 heterocycles. The maximum atomic E-state index is 11.1. The first kappa shape index (κ1) is 12.7. The van der Waals surface area contributed by atoms with Gasteiger partial charge in [-0.3, -0.25) is 4.79 Å². The summed E-state index contributed by atoms with van der Waals surface area (Å²) in [7, 11) is 1.43. The summed E-state index contributed by atoms with van der Waals surface area (Å²) in [5.41, 5.74) is 0.411. The first-order valence-corrected chi connectivity index (χ1v) is 7.21. The predicted octanol–water partition coefficient (Wildman–Crippen LogP) is 2.18. The molecule has 0 radical (unpaired) electrons. The van der Waals surface area contributed by atoms with Crippen molar-refractivity contribution < 1.29 is 13.2 Å². The minimum Gasteiger partial charge on any atom is -0.326 e. The zero-order valence-corrected chi connectivity index (χ0v) is 11.4. The number of amides is 1. The van der Waals surface area contributed by atoms with Gasteiger partial charge in [-0.2, -0.15) is 0 Å². The lowest BCUT2D eigenvalue weighted by Crippen LogP contribution is -2.06. The molecule has 4 nitrogen and oxygen atoms in total. The fourth-order valence-electron chi connectivity index (χ4n) is 0.979. The van der Waals surface area contributed by atoms with Crippen LogP contribution in [-0.2, 0) is 13.8 Å². The topological polar surface area (TPSA) is 63.2 Å². The second-order valence-corrected chi connectivity index (χ2v) is 6.61. The first-order valence-electron chi connectivity index (χ1n) is 3.82. The van der Waals surface area contributed by atoms with Crippen molar-refractivity contribution in [3.8, 4) is 0 Å². The van der Waals surface area contributed by atoms with E-state index >= 15 is 0 Å². The largest absolute Gasteiger partial charge is 0.326 e. The lowest BCUT2D eigenvalue weighted by Gasteiger charge is -2.04. The Kier molecular flexibility index (Phi) is 3.96. The van der Waals surface area contributed by atoms with E-state index in [0.29, 0.717) is 9.26 Å². The number of rotatable bonds is 2. The molecule has 1 aromatic rings. The van der Waals surface area contributed by atoms with Crippen molar-refractivity contribution in [3.05, 3.63) is 21.8 Å². The number of nitrogens with one attached hydrogen (secondary N) is 1. The second-order valence-electron chi connectivity index (χ2n) is 2.79. The summed E-state index contributed by atoms with van der Waals surface area (Å²) < 4.78 is 22.8. The monoisotopic (exact) mass is 359 g/mol. The van der Waals surface area contributed by atoms with E-state index < -0.39 is 9.05 Å². The molecular formula is C8H7ClINO3S. The van der Waals surface area contributed by atoms with Gasteiger partial charge in [-0.25, -0.2) is 8.42 Å². The van der Waals surface area contributed by atoms with Crippen molar-refractivity contribution in [2.24, 2.45) is 0 Å². The van der Waals surface area contributed by atoms with E-state index in [9.17, 15) is 13.2 Å². The van der Waals surface area contributed by atoms with E-state index in [2.05, 4.69) is 5.32 Å². The highest BCUT2D eigenvalue weighted by Gasteiger charge is 2.12. The fraction of sp³-hybridized carbons (Fsp3) is 0.125. The maximum Gasteiger partial charge on any atom is 0.261 e. The van der Waals surface area contributed by atoms with E-state index in [1.165, 1.54) is 19.1 Å². The number of anilines is 1. The van der Waals surface area contributed by atoms with E-state index in [0.717, 1.165) is 0 Å². The van der Waals surface area contributed by atoms with Crippen molar-refractivity contribution >= 4 is 53.9 Å². The molecule has 1 rings (SSSR count). The summed E-state index contributed by atoms with van der Waals surface area (Å²) in [6.45, 7) is 1.34. The highest BCUT2D eigenvalue weighted by molar-refractivity contribution is 14.1. The van der Waals surface area contributed by atoms with Gasteiger partial charge >= 0.3 is 0 Å². The summed E-state index contributed by atoms with van der Waals surface area (Å²) >= 11 is 1.94. The van der Waals surface area contributed by atoms with Crippen LogP contribution in [0.25, 0.3) is 0 Å². The number of carbonyl (C=O) groups excluding carboxylic acids is 1. The van der Waals surface area contributed by atoms with Gasteiger partial charge in [0.25, 0.3) is 9.05 Å². The molecule has 1 aromatic carbocycles. The van der Waals surface area contributed by atoms with Gasteiger partial charge in [0.2, 0.25) is 5.91 Å².